The number of aromatic nitrogens is 4. The lowest BCUT2D eigenvalue weighted by Crippen LogP contribution is -2.37. The number of pyridine rings is 1. The van der Waals surface area contributed by atoms with Crippen LogP contribution in [-0.2, 0) is 12.1 Å². The van der Waals surface area contributed by atoms with Gasteiger partial charge in [-0.3, -0.25) is 4.99 Å². The number of benzene rings is 1. The van der Waals surface area contributed by atoms with E-state index in [1.165, 1.54) is 30.9 Å². The van der Waals surface area contributed by atoms with Crippen LogP contribution in [0.4, 0.5) is 24.7 Å². The van der Waals surface area contributed by atoms with E-state index in [1.54, 1.807) is 13.0 Å². The zero-order valence-electron chi connectivity index (χ0n) is 19.4. The Kier molecular flexibility index (Phi) is 5.48. The second-order valence-electron chi connectivity index (χ2n) is 9.05. The van der Waals surface area contributed by atoms with Crippen molar-refractivity contribution < 1.29 is 22.3 Å². The highest BCUT2D eigenvalue weighted by Crippen LogP contribution is 2.66. The molecule has 0 spiro atoms. The van der Waals surface area contributed by atoms with Gasteiger partial charge in [-0.15, -0.1) is 0 Å². The first-order chi connectivity index (χ1) is 17.8. The molecule has 1 aliphatic carbocycles. The fraction of sp³-hybridized carbons (Fsp3) is 0.292. The maximum Gasteiger partial charge on any atom is 0.233 e. The Bertz CT molecular complexity index is 1540. The fourth-order valence-electron chi connectivity index (χ4n) is 4.79. The number of nitrogens with two attached hydrogens (primary N) is 1. The van der Waals surface area contributed by atoms with Crippen LogP contribution >= 0.6 is 11.8 Å². The van der Waals surface area contributed by atoms with Crippen LogP contribution in [0.25, 0.3) is 11.0 Å². The number of hydrogen-bond acceptors (Lipinski definition) is 10. The molecule has 0 amide bonds. The summed E-state index contributed by atoms with van der Waals surface area (Å²) in [6, 6.07) is 4.11. The Morgan fingerprint density at radius 1 is 1.24 bits per heavy atom. The van der Waals surface area contributed by atoms with Crippen molar-refractivity contribution in [2.75, 3.05) is 12.0 Å². The van der Waals surface area contributed by atoms with Gasteiger partial charge in [0.05, 0.1) is 28.2 Å². The highest BCUT2D eigenvalue weighted by atomic mass is 32.2. The quantitative estimate of drug-likeness (QED) is 0.354. The Labute approximate surface area is 212 Å². The largest absolute Gasteiger partial charge is 0.467 e. The Balaban J connectivity index is 1.32. The average Bonchev–Trinajstić information content (AvgIpc) is 3.39. The zero-order chi connectivity index (χ0) is 25.8. The predicted octanol–water partition coefficient (Wildman–Crippen LogP) is 4.62. The molecule has 2 aliphatic rings. The van der Waals surface area contributed by atoms with Gasteiger partial charge in [0.1, 0.15) is 18.5 Å². The average molecular weight is 528 g/mol. The minimum Gasteiger partial charge on any atom is -0.467 e. The first kappa shape index (κ1) is 23.5. The lowest BCUT2D eigenvalue weighted by atomic mass is 9.85. The number of anilines is 2. The number of nitrogens with zero attached hydrogens (tertiary/aromatic N) is 5. The summed E-state index contributed by atoms with van der Waals surface area (Å²) in [4.78, 5) is 21.5. The van der Waals surface area contributed by atoms with Gasteiger partial charge >= 0.3 is 0 Å². The fourth-order valence-corrected chi connectivity index (χ4v) is 6.12. The van der Waals surface area contributed by atoms with Crippen LogP contribution in [0.15, 0.2) is 52.5 Å². The molecule has 4 heterocycles. The third-order valence-electron chi connectivity index (χ3n) is 6.68. The van der Waals surface area contributed by atoms with Crippen molar-refractivity contribution in [2.45, 2.75) is 30.2 Å². The van der Waals surface area contributed by atoms with E-state index >= 15 is 4.39 Å². The molecule has 0 saturated heterocycles. The van der Waals surface area contributed by atoms with Crippen molar-refractivity contribution in [3.63, 3.8) is 0 Å². The second-order valence-corrected chi connectivity index (χ2v) is 10.5. The summed E-state index contributed by atoms with van der Waals surface area (Å²) in [6.07, 6.45) is 6.33. The molecule has 6 rings (SSSR count). The monoisotopic (exact) mass is 527 g/mol. The molecule has 190 valence electrons. The van der Waals surface area contributed by atoms with Crippen molar-refractivity contribution >= 4 is 39.5 Å². The van der Waals surface area contributed by atoms with Crippen molar-refractivity contribution in [3.8, 4) is 5.88 Å². The number of nitrogens with one attached hydrogen (secondary N) is 1. The van der Waals surface area contributed by atoms with E-state index in [0.717, 1.165) is 17.8 Å². The molecule has 13 heteroatoms. The van der Waals surface area contributed by atoms with E-state index < -0.39 is 28.6 Å². The molecule has 9 nitrogen and oxygen atoms in total. The van der Waals surface area contributed by atoms with Gasteiger partial charge in [0.2, 0.25) is 11.8 Å². The lowest BCUT2D eigenvalue weighted by molar-refractivity contribution is 0.253. The van der Waals surface area contributed by atoms with E-state index in [4.69, 9.17) is 14.9 Å². The number of fused-ring (bicyclic) bond motifs is 2. The number of thioether (sulfide) groups is 1. The van der Waals surface area contributed by atoms with Crippen LogP contribution in [-0.4, -0.2) is 36.5 Å². The number of aliphatic imine (C=N–C) groups is 1. The highest BCUT2D eigenvalue weighted by molar-refractivity contribution is 8.15. The molecule has 1 aliphatic heterocycles. The van der Waals surface area contributed by atoms with Gasteiger partial charge in [-0.25, -0.2) is 33.1 Å². The maximum absolute atomic E-state index is 15.1. The number of hydrogen-bond donors (Lipinski definition) is 2. The summed E-state index contributed by atoms with van der Waals surface area (Å²) in [7, 11) is 0. The first-order valence-corrected chi connectivity index (χ1v) is 12.1. The Morgan fingerprint density at radius 3 is 2.89 bits per heavy atom. The Hall–Kier alpha value is -3.87. The second kappa shape index (κ2) is 8.61. The van der Waals surface area contributed by atoms with Crippen molar-refractivity contribution in [1.82, 2.24) is 19.9 Å². The molecule has 0 unspecified atom stereocenters. The molecule has 1 saturated carbocycles. The zero-order valence-corrected chi connectivity index (χ0v) is 20.2. The Morgan fingerprint density at radius 2 is 2.11 bits per heavy atom. The normalized spacial score (nSPS) is 24.4. The van der Waals surface area contributed by atoms with Crippen LogP contribution in [0, 0.1) is 17.6 Å². The van der Waals surface area contributed by atoms with E-state index in [2.05, 4.69) is 30.2 Å². The van der Waals surface area contributed by atoms with Crippen LogP contribution in [0.5, 0.6) is 5.88 Å². The summed E-state index contributed by atoms with van der Waals surface area (Å²) < 4.78 is 53.7. The summed E-state index contributed by atoms with van der Waals surface area (Å²) in [5.41, 5.74) is 5.82. The molecule has 0 bridgehead atoms. The van der Waals surface area contributed by atoms with Crippen LogP contribution in [0.2, 0.25) is 0 Å². The number of amidine groups is 1. The summed E-state index contributed by atoms with van der Waals surface area (Å²) in [6.45, 7) is 1.11. The van der Waals surface area contributed by atoms with E-state index in [0.29, 0.717) is 23.3 Å². The van der Waals surface area contributed by atoms with E-state index in [1.807, 2.05) is 0 Å². The smallest absolute Gasteiger partial charge is 0.233 e. The van der Waals surface area contributed by atoms with Gasteiger partial charge < -0.3 is 20.2 Å². The molecule has 3 atom stereocenters. The van der Waals surface area contributed by atoms with Crippen molar-refractivity contribution in [1.29, 1.82) is 0 Å². The summed E-state index contributed by atoms with van der Waals surface area (Å²) in [5, 5.41) is 3.16. The molecule has 37 heavy (non-hydrogen) atoms. The topological polar surface area (TPSA) is 124 Å². The molecule has 1 aromatic carbocycles. The van der Waals surface area contributed by atoms with Crippen molar-refractivity contribution in [2.24, 2.45) is 16.6 Å². The summed E-state index contributed by atoms with van der Waals surface area (Å²) >= 11 is 1.16. The first-order valence-electron chi connectivity index (χ1n) is 11.3. The number of oxazole rings is 1. The van der Waals surface area contributed by atoms with E-state index in [9.17, 15) is 8.78 Å². The van der Waals surface area contributed by atoms with Gasteiger partial charge in [0.15, 0.2) is 29.2 Å². The minimum absolute atomic E-state index is 0.00730. The maximum atomic E-state index is 15.1. The van der Waals surface area contributed by atoms with Crippen molar-refractivity contribution in [3.05, 3.63) is 66.1 Å². The van der Waals surface area contributed by atoms with Crippen LogP contribution < -0.4 is 15.8 Å². The number of rotatable bonds is 7. The molecule has 4 aromatic rings. The molecular formula is C24H20F3N7O2S. The summed E-state index contributed by atoms with van der Waals surface area (Å²) in [5.74, 6) is -1.53. The molecule has 3 aromatic heterocycles. The standard InChI is InChI=1S/C24H20F3N7O2S/c1-23(16-8-24(16,11-25)37-22(28)34-23)13-6-12(7-14(26)19(13)27)32-21-20-15(2-3-30-21)33-17(9-31-20)36-10-18-29-4-5-35-18/h2-7,9,16H,8,10-11H2,1H3,(H2,28,34)(H,30,32)/t16-,23+,24+/m0/s1. The third kappa shape index (κ3) is 4.02. The minimum atomic E-state index is -1.22. The molecule has 1 fully saturated rings. The molecule has 0 radical (unpaired) electrons. The number of ether oxygens (including phenoxy) is 1. The SMILES string of the molecule is C[C@]1(c2cc(Nc3nccc4nc(OCc5ncco5)cnc34)cc(F)c2F)N=C(N)S[C@@]2(CF)C[C@H]21. The van der Waals surface area contributed by atoms with Crippen LogP contribution in [0.3, 0.4) is 0 Å². The third-order valence-corrected chi connectivity index (χ3v) is 7.95. The van der Waals surface area contributed by atoms with Gasteiger partial charge in [0, 0.05) is 29.4 Å². The molecular weight excluding hydrogens is 507 g/mol. The van der Waals surface area contributed by atoms with E-state index in [-0.39, 0.29) is 40.6 Å². The predicted molar refractivity (Wildman–Crippen MR) is 131 cm³/mol. The van der Waals surface area contributed by atoms with Gasteiger partial charge in [-0.2, -0.15) is 0 Å². The number of halogens is 3. The highest BCUT2D eigenvalue weighted by Gasteiger charge is 2.66. The molecule has 3 N–H and O–H groups in total. The lowest BCUT2D eigenvalue weighted by Gasteiger charge is -2.33. The van der Waals surface area contributed by atoms with Gasteiger partial charge in [0.25, 0.3) is 0 Å². The number of alkyl halides is 1. The van der Waals surface area contributed by atoms with Crippen LogP contribution in [0.1, 0.15) is 24.8 Å². The van der Waals surface area contributed by atoms with Gasteiger partial charge in [-0.1, -0.05) is 11.8 Å². The van der Waals surface area contributed by atoms with Gasteiger partial charge in [-0.05, 0) is 25.5 Å².